The summed E-state index contributed by atoms with van der Waals surface area (Å²) in [5, 5.41) is 13.5. The summed E-state index contributed by atoms with van der Waals surface area (Å²) < 4.78 is 0. The van der Waals surface area contributed by atoms with E-state index < -0.39 is 17.8 Å². The van der Waals surface area contributed by atoms with Crippen LogP contribution in [0, 0.1) is 5.92 Å². The third kappa shape index (κ3) is 18.4. The average Bonchev–Trinajstić information content (AvgIpc) is 2.48. The fourth-order valence-corrected chi connectivity index (χ4v) is 1.16. The Bertz CT molecular complexity index is 281. The SMILES string of the molecule is CC.CC.CCCCNC(=O)CNC(=O)C(C)CC(=O)O. The highest BCUT2D eigenvalue weighted by atomic mass is 16.4. The summed E-state index contributed by atoms with van der Waals surface area (Å²) in [7, 11) is 0. The van der Waals surface area contributed by atoms with Crippen LogP contribution in [0.1, 0.15) is 60.8 Å². The van der Waals surface area contributed by atoms with Gasteiger partial charge in [0.05, 0.1) is 13.0 Å². The van der Waals surface area contributed by atoms with Crippen LogP contribution in [0.25, 0.3) is 0 Å². The quantitative estimate of drug-likeness (QED) is 0.599. The van der Waals surface area contributed by atoms with Crippen LogP contribution in [-0.2, 0) is 14.4 Å². The van der Waals surface area contributed by atoms with Gasteiger partial charge in [-0.05, 0) is 6.42 Å². The molecule has 0 aromatic heterocycles. The highest BCUT2D eigenvalue weighted by molar-refractivity contribution is 5.87. The number of nitrogens with one attached hydrogen (secondary N) is 2. The van der Waals surface area contributed by atoms with Crippen LogP contribution in [0.5, 0.6) is 0 Å². The van der Waals surface area contributed by atoms with E-state index in [1.54, 1.807) is 0 Å². The van der Waals surface area contributed by atoms with Crippen molar-refractivity contribution in [2.75, 3.05) is 13.1 Å². The van der Waals surface area contributed by atoms with Gasteiger partial charge in [0.2, 0.25) is 11.8 Å². The largest absolute Gasteiger partial charge is 0.481 e. The number of rotatable bonds is 8. The maximum atomic E-state index is 11.4. The summed E-state index contributed by atoms with van der Waals surface area (Å²) in [6, 6.07) is 0. The molecule has 6 heteroatoms. The van der Waals surface area contributed by atoms with E-state index in [1.807, 2.05) is 34.6 Å². The first-order chi connectivity index (χ1) is 9.97. The molecule has 3 N–H and O–H groups in total. The first-order valence-corrected chi connectivity index (χ1v) is 7.73. The van der Waals surface area contributed by atoms with Crippen molar-refractivity contribution in [1.82, 2.24) is 10.6 Å². The van der Waals surface area contributed by atoms with Crippen LogP contribution in [0.15, 0.2) is 0 Å². The van der Waals surface area contributed by atoms with E-state index in [1.165, 1.54) is 6.92 Å². The Hall–Kier alpha value is -1.59. The van der Waals surface area contributed by atoms with Gasteiger partial charge in [-0.2, -0.15) is 0 Å². The van der Waals surface area contributed by atoms with Crippen LogP contribution in [0.3, 0.4) is 0 Å². The second-order valence-corrected chi connectivity index (χ2v) is 3.92. The molecule has 0 spiro atoms. The molecule has 0 aromatic rings. The van der Waals surface area contributed by atoms with Crippen molar-refractivity contribution < 1.29 is 19.5 Å². The second-order valence-electron chi connectivity index (χ2n) is 3.92. The lowest BCUT2D eigenvalue weighted by Crippen LogP contribution is -2.39. The van der Waals surface area contributed by atoms with Crippen molar-refractivity contribution in [2.24, 2.45) is 5.92 Å². The minimum absolute atomic E-state index is 0.105. The summed E-state index contributed by atoms with van der Waals surface area (Å²) in [5.41, 5.74) is 0. The zero-order chi connectivity index (χ0) is 17.3. The molecule has 1 atom stereocenters. The predicted molar refractivity (Wildman–Crippen MR) is 85.0 cm³/mol. The van der Waals surface area contributed by atoms with E-state index in [2.05, 4.69) is 10.6 Å². The first kappa shape index (κ1) is 24.4. The Kier molecular flexibility index (Phi) is 21.4. The monoisotopic (exact) mass is 304 g/mol. The number of amides is 2. The van der Waals surface area contributed by atoms with Crippen LogP contribution in [-0.4, -0.2) is 36.0 Å². The molecule has 1 unspecified atom stereocenters. The Balaban J connectivity index is -0.000000739. The highest BCUT2D eigenvalue weighted by Gasteiger charge is 2.16. The average molecular weight is 304 g/mol. The van der Waals surface area contributed by atoms with Gasteiger partial charge in [-0.15, -0.1) is 0 Å². The summed E-state index contributed by atoms with van der Waals surface area (Å²) in [6.07, 6.45) is 1.65. The van der Waals surface area contributed by atoms with E-state index in [4.69, 9.17) is 5.11 Å². The fraction of sp³-hybridized carbons (Fsp3) is 0.800. The minimum Gasteiger partial charge on any atom is -0.481 e. The molecule has 0 radical (unpaired) electrons. The van der Waals surface area contributed by atoms with Crippen LogP contribution >= 0.6 is 0 Å². The van der Waals surface area contributed by atoms with Crippen molar-refractivity contribution in [1.29, 1.82) is 0 Å². The topological polar surface area (TPSA) is 95.5 Å². The highest BCUT2D eigenvalue weighted by Crippen LogP contribution is 2.00. The van der Waals surface area contributed by atoms with Gasteiger partial charge in [0, 0.05) is 12.5 Å². The van der Waals surface area contributed by atoms with Gasteiger partial charge in [0.15, 0.2) is 0 Å². The predicted octanol–water partition coefficient (Wildman–Crippen LogP) is 2.18. The molecule has 0 bridgehead atoms. The number of hydrogen-bond donors (Lipinski definition) is 3. The summed E-state index contributed by atoms with van der Waals surface area (Å²) in [5.74, 6) is -2.33. The van der Waals surface area contributed by atoms with Crippen LogP contribution in [0.2, 0.25) is 0 Å². The normalized spacial score (nSPS) is 10.0. The Morgan fingerprint density at radius 3 is 2.00 bits per heavy atom. The molecule has 0 fully saturated rings. The van der Waals surface area contributed by atoms with E-state index in [0.717, 1.165) is 12.8 Å². The number of carboxylic acids is 1. The molecule has 0 heterocycles. The molecule has 0 aliphatic heterocycles. The number of carboxylic acid groups (broad SMARTS) is 1. The molecule has 126 valence electrons. The van der Waals surface area contributed by atoms with Crippen molar-refractivity contribution in [3.8, 4) is 0 Å². The molecule has 0 aliphatic rings. The summed E-state index contributed by atoms with van der Waals surface area (Å²) >= 11 is 0. The smallest absolute Gasteiger partial charge is 0.304 e. The van der Waals surface area contributed by atoms with E-state index in [9.17, 15) is 14.4 Å². The minimum atomic E-state index is -1.03. The Morgan fingerprint density at radius 2 is 1.57 bits per heavy atom. The Morgan fingerprint density at radius 1 is 1.05 bits per heavy atom. The van der Waals surface area contributed by atoms with Crippen molar-refractivity contribution in [3.05, 3.63) is 0 Å². The van der Waals surface area contributed by atoms with Gasteiger partial charge in [-0.3, -0.25) is 14.4 Å². The third-order valence-electron chi connectivity index (χ3n) is 2.20. The van der Waals surface area contributed by atoms with Gasteiger partial charge in [-0.25, -0.2) is 0 Å². The summed E-state index contributed by atoms with van der Waals surface area (Å²) in [4.78, 5) is 33.0. The molecule has 0 saturated heterocycles. The molecule has 0 rings (SSSR count). The van der Waals surface area contributed by atoms with Gasteiger partial charge in [-0.1, -0.05) is 48.0 Å². The standard InChI is InChI=1S/C11H20N2O4.2C2H6/c1-3-4-5-12-9(14)7-13-11(17)8(2)6-10(15)16;2*1-2/h8H,3-7H2,1-2H3,(H,12,14)(H,13,17)(H,15,16);2*1-2H3. The number of unbranched alkanes of at least 4 members (excludes halogenated alkanes) is 1. The van der Waals surface area contributed by atoms with E-state index >= 15 is 0 Å². The lowest BCUT2D eigenvalue weighted by atomic mass is 10.1. The van der Waals surface area contributed by atoms with Crippen LogP contribution < -0.4 is 10.6 Å². The molecule has 0 saturated carbocycles. The number of aliphatic carboxylic acids is 1. The second kappa shape index (κ2) is 18.4. The maximum absolute atomic E-state index is 11.4. The van der Waals surface area contributed by atoms with Gasteiger partial charge < -0.3 is 15.7 Å². The van der Waals surface area contributed by atoms with Crippen molar-refractivity contribution in [2.45, 2.75) is 60.8 Å². The zero-order valence-electron chi connectivity index (χ0n) is 14.3. The fourth-order valence-electron chi connectivity index (χ4n) is 1.16. The van der Waals surface area contributed by atoms with Gasteiger partial charge in [0.1, 0.15) is 0 Å². The lowest BCUT2D eigenvalue weighted by Gasteiger charge is -2.10. The van der Waals surface area contributed by atoms with Gasteiger partial charge in [0.25, 0.3) is 0 Å². The van der Waals surface area contributed by atoms with E-state index in [-0.39, 0.29) is 18.9 Å². The first-order valence-electron chi connectivity index (χ1n) is 7.73. The molecular formula is C15H32N2O4. The molecule has 0 aliphatic carbocycles. The summed E-state index contributed by atoms with van der Waals surface area (Å²) in [6.45, 7) is 12.0. The van der Waals surface area contributed by atoms with Crippen LogP contribution in [0.4, 0.5) is 0 Å². The molecule has 6 nitrogen and oxygen atoms in total. The van der Waals surface area contributed by atoms with Crippen molar-refractivity contribution in [3.63, 3.8) is 0 Å². The number of hydrogen-bond acceptors (Lipinski definition) is 3. The van der Waals surface area contributed by atoms with Gasteiger partial charge >= 0.3 is 5.97 Å². The molecule has 0 aromatic carbocycles. The Labute approximate surface area is 128 Å². The maximum Gasteiger partial charge on any atom is 0.304 e. The lowest BCUT2D eigenvalue weighted by molar-refractivity contribution is -0.140. The third-order valence-corrected chi connectivity index (χ3v) is 2.20. The molecule has 2 amide bonds. The number of carbonyl (C=O) groups is 3. The zero-order valence-corrected chi connectivity index (χ0v) is 14.3. The van der Waals surface area contributed by atoms with Crippen molar-refractivity contribution >= 4 is 17.8 Å². The van der Waals surface area contributed by atoms with E-state index in [0.29, 0.717) is 6.54 Å². The number of carbonyl (C=O) groups excluding carboxylic acids is 2. The molecular weight excluding hydrogens is 272 g/mol. The molecule has 21 heavy (non-hydrogen) atoms.